The lowest BCUT2D eigenvalue weighted by atomic mass is 9.54. The zero-order valence-electron chi connectivity index (χ0n) is 16.5. The fourth-order valence-corrected chi connectivity index (χ4v) is 4.52. The molecule has 0 bridgehead atoms. The molecule has 1 saturated carbocycles. The van der Waals surface area contributed by atoms with Gasteiger partial charge in [0.25, 0.3) is 0 Å². The van der Waals surface area contributed by atoms with E-state index in [1.165, 1.54) is 0 Å². The maximum Gasteiger partial charge on any atom is 0.245 e. The second kappa shape index (κ2) is 8.16. The van der Waals surface area contributed by atoms with Gasteiger partial charge >= 0.3 is 0 Å². The highest BCUT2D eigenvalue weighted by Crippen LogP contribution is 2.50. The minimum Gasteiger partial charge on any atom is -0.378 e. The molecule has 4 N–H and O–H groups in total. The average molecular weight is 398 g/mol. The second-order valence-electron chi connectivity index (χ2n) is 7.65. The Morgan fingerprint density at radius 3 is 2.33 bits per heavy atom. The molecule has 1 aliphatic carbocycles. The quantitative estimate of drug-likeness (QED) is 0.593. The van der Waals surface area contributed by atoms with Crippen LogP contribution in [0.2, 0.25) is 0 Å². The van der Waals surface area contributed by atoms with Crippen LogP contribution >= 0.6 is 0 Å². The van der Waals surface area contributed by atoms with Gasteiger partial charge in [0, 0.05) is 29.8 Å². The molecule has 7 nitrogen and oxygen atoms in total. The van der Waals surface area contributed by atoms with Gasteiger partial charge in [-0.1, -0.05) is 27.2 Å². The molecule has 0 saturated heterocycles. The van der Waals surface area contributed by atoms with E-state index in [1.54, 1.807) is 24.3 Å². The SMILES string of the molecule is CCCCS(=O)(=O)Nc1ccc(NC(=O)C2(N)CC(OCC)C2(C)C)cc1. The van der Waals surface area contributed by atoms with Crippen molar-refractivity contribution in [2.24, 2.45) is 11.1 Å². The van der Waals surface area contributed by atoms with Gasteiger partial charge in [0.15, 0.2) is 0 Å². The summed E-state index contributed by atoms with van der Waals surface area (Å²) in [5.41, 5.74) is 5.92. The number of unbranched alkanes of at least 4 members (excludes halogenated alkanes) is 1. The van der Waals surface area contributed by atoms with E-state index in [-0.39, 0.29) is 17.8 Å². The fraction of sp³-hybridized carbons (Fsp3) is 0.632. The smallest absolute Gasteiger partial charge is 0.245 e. The number of nitrogens with one attached hydrogen (secondary N) is 2. The molecule has 1 amide bonds. The number of carbonyl (C=O) groups excluding carboxylic acids is 1. The molecular formula is C19H31N3O4S. The number of anilines is 2. The van der Waals surface area contributed by atoms with Crippen molar-refractivity contribution < 1.29 is 17.9 Å². The van der Waals surface area contributed by atoms with E-state index in [1.807, 2.05) is 27.7 Å². The Kier molecular flexibility index (Phi) is 6.55. The van der Waals surface area contributed by atoms with Crippen LogP contribution in [0.1, 0.15) is 47.0 Å². The summed E-state index contributed by atoms with van der Waals surface area (Å²) in [7, 11) is -3.35. The first-order valence-electron chi connectivity index (χ1n) is 9.38. The van der Waals surface area contributed by atoms with E-state index in [4.69, 9.17) is 10.5 Å². The van der Waals surface area contributed by atoms with Gasteiger partial charge in [-0.05, 0) is 37.6 Å². The van der Waals surface area contributed by atoms with E-state index in [9.17, 15) is 13.2 Å². The van der Waals surface area contributed by atoms with Gasteiger partial charge in [0.1, 0.15) is 5.54 Å². The van der Waals surface area contributed by atoms with Gasteiger partial charge in [-0.15, -0.1) is 0 Å². The van der Waals surface area contributed by atoms with Crippen LogP contribution in [0.25, 0.3) is 0 Å². The van der Waals surface area contributed by atoms with E-state index < -0.39 is 21.0 Å². The Balaban J connectivity index is 1.99. The number of ether oxygens (including phenoxy) is 1. The molecule has 0 aromatic heterocycles. The van der Waals surface area contributed by atoms with Crippen molar-refractivity contribution in [3.05, 3.63) is 24.3 Å². The largest absolute Gasteiger partial charge is 0.378 e. The van der Waals surface area contributed by atoms with Crippen molar-refractivity contribution in [3.8, 4) is 0 Å². The predicted molar refractivity (Wildman–Crippen MR) is 108 cm³/mol. The molecule has 8 heteroatoms. The zero-order valence-corrected chi connectivity index (χ0v) is 17.4. The molecule has 1 aliphatic rings. The summed E-state index contributed by atoms with van der Waals surface area (Å²) >= 11 is 0. The van der Waals surface area contributed by atoms with Crippen molar-refractivity contribution in [1.82, 2.24) is 0 Å². The Bertz CT molecular complexity index is 762. The second-order valence-corrected chi connectivity index (χ2v) is 9.49. The molecular weight excluding hydrogens is 366 g/mol. The molecule has 1 aromatic carbocycles. The summed E-state index contributed by atoms with van der Waals surface area (Å²) < 4.78 is 32.1. The van der Waals surface area contributed by atoms with Crippen LogP contribution in [0.15, 0.2) is 24.3 Å². The van der Waals surface area contributed by atoms with Crippen molar-refractivity contribution in [1.29, 1.82) is 0 Å². The third-order valence-corrected chi connectivity index (χ3v) is 6.79. The number of hydrogen-bond donors (Lipinski definition) is 3. The lowest BCUT2D eigenvalue weighted by Gasteiger charge is -2.57. The van der Waals surface area contributed by atoms with Crippen molar-refractivity contribution in [2.45, 2.75) is 58.6 Å². The first kappa shape index (κ1) is 21.7. The van der Waals surface area contributed by atoms with E-state index in [0.717, 1.165) is 6.42 Å². The van der Waals surface area contributed by atoms with Gasteiger partial charge in [-0.2, -0.15) is 0 Å². The Morgan fingerprint density at radius 2 is 1.81 bits per heavy atom. The number of hydrogen-bond acceptors (Lipinski definition) is 5. The molecule has 152 valence electrons. The number of nitrogens with two attached hydrogens (primary N) is 1. The van der Waals surface area contributed by atoms with Crippen LogP contribution in [-0.2, 0) is 19.6 Å². The fourth-order valence-electron chi connectivity index (χ4n) is 3.25. The summed E-state index contributed by atoms with van der Waals surface area (Å²) in [5.74, 6) is -0.173. The molecule has 2 rings (SSSR count). The third kappa shape index (κ3) is 4.62. The first-order chi connectivity index (χ1) is 12.6. The van der Waals surface area contributed by atoms with Crippen molar-refractivity contribution in [2.75, 3.05) is 22.4 Å². The molecule has 1 fully saturated rings. The van der Waals surface area contributed by atoms with E-state index in [2.05, 4.69) is 10.0 Å². The maximum absolute atomic E-state index is 12.7. The molecule has 0 heterocycles. The molecule has 0 radical (unpaired) electrons. The standard InChI is InChI=1S/C19H31N3O4S/c1-5-7-12-27(24,25)22-15-10-8-14(9-11-15)21-17(23)19(20)13-16(26-6-2)18(19,3)4/h8-11,16,22H,5-7,12-13,20H2,1-4H3,(H,21,23). The predicted octanol–water partition coefficient (Wildman–Crippen LogP) is 2.70. The van der Waals surface area contributed by atoms with Crippen molar-refractivity contribution >= 4 is 27.3 Å². The number of rotatable bonds is 9. The molecule has 1 aromatic rings. The molecule has 0 spiro atoms. The normalized spacial score (nSPS) is 24.1. The topological polar surface area (TPSA) is 111 Å². The summed E-state index contributed by atoms with van der Waals surface area (Å²) in [6, 6.07) is 6.56. The minimum atomic E-state index is -3.35. The molecule has 2 unspecified atom stereocenters. The summed E-state index contributed by atoms with van der Waals surface area (Å²) in [6.07, 6.45) is 1.85. The van der Waals surface area contributed by atoms with Crippen LogP contribution in [0.5, 0.6) is 0 Å². The Labute approximate surface area is 162 Å². The molecule has 27 heavy (non-hydrogen) atoms. The van der Waals surface area contributed by atoms with Crippen LogP contribution in [0.3, 0.4) is 0 Å². The summed E-state index contributed by atoms with van der Waals surface area (Å²) in [6.45, 7) is 8.32. The minimum absolute atomic E-state index is 0.0434. The van der Waals surface area contributed by atoms with Crippen LogP contribution < -0.4 is 15.8 Å². The summed E-state index contributed by atoms with van der Waals surface area (Å²) in [4.78, 5) is 12.7. The van der Waals surface area contributed by atoms with Gasteiger partial charge in [0.05, 0.1) is 11.9 Å². The van der Waals surface area contributed by atoms with Gasteiger partial charge in [-0.3, -0.25) is 9.52 Å². The lowest BCUT2D eigenvalue weighted by Crippen LogP contribution is -2.74. The average Bonchev–Trinajstić information content (AvgIpc) is 2.61. The van der Waals surface area contributed by atoms with Crippen LogP contribution in [0, 0.1) is 5.41 Å². The number of carbonyl (C=O) groups is 1. The monoisotopic (exact) mass is 397 g/mol. The van der Waals surface area contributed by atoms with Crippen LogP contribution in [0.4, 0.5) is 11.4 Å². The number of sulfonamides is 1. The zero-order chi connectivity index (χ0) is 20.3. The highest BCUT2D eigenvalue weighted by Gasteiger charge is 2.62. The Hall–Kier alpha value is -1.64. The lowest BCUT2D eigenvalue weighted by molar-refractivity contribution is -0.166. The third-order valence-electron chi connectivity index (χ3n) is 5.42. The first-order valence-corrected chi connectivity index (χ1v) is 11.0. The number of amides is 1. The van der Waals surface area contributed by atoms with Gasteiger partial charge in [-0.25, -0.2) is 8.42 Å². The number of benzene rings is 1. The van der Waals surface area contributed by atoms with E-state index in [0.29, 0.717) is 30.8 Å². The van der Waals surface area contributed by atoms with Crippen LogP contribution in [-0.4, -0.2) is 38.3 Å². The van der Waals surface area contributed by atoms with Gasteiger partial charge < -0.3 is 15.8 Å². The molecule has 0 aliphatic heterocycles. The molecule has 2 atom stereocenters. The maximum atomic E-state index is 12.7. The van der Waals surface area contributed by atoms with Gasteiger partial charge in [0.2, 0.25) is 15.9 Å². The highest BCUT2D eigenvalue weighted by atomic mass is 32.2. The summed E-state index contributed by atoms with van der Waals surface area (Å²) in [5, 5.41) is 2.83. The highest BCUT2D eigenvalue weighted by molar-refractivity contribution is 7.92. The van der Waals surface area contributed by atoms with E-state index >= 15 is 0 Å². The Morgan fingerprint density at radius 1 is 1.22 bits per heavy atom. The van der Waals surface area contributed by atoms with Crippen molar-refractivity contribution in [3.63, 3.8) is 0 Å².